The van der Waals surface area contributed by atoms with Crippen molar-refractivity contribution in [2.45, 2.75) is 11.4 Å². The molecule has 0 saturated carbocycles. The van der Waals surface area contributed by atoms with Gasteiger partial charge >= 0.3 is 11.1 Å². The zero-order valence-corrected chi connectivity index (χ0v) is 17.1. The maximum Gasteiger partial charge on any atom is 0.314 e. The number of aromatic amines is 2. The van der Waals surface area contributed by atoms with Gasteiger partial charge in [0.2, 0.25) is 10.0 Å². The lowest BCUT2D eigenvalue weighted by Gasteiger charge is -2.06. The number of H-pyrrole nitrogens is 2. The van der Waals surface area contributed by atoms with Crippen LogP contribution in [0.2, 0.25) is 0 Å². The second-order valence-electron chi connectivity index (χ2n) is 6.21. The number of hydrogen-bond acceptors (Lipinski definition) is 5. The highest BCUT2D eigenvalue weighted by Crippen LogP contribution is 2.24. The Balaban J connectivity index is 1.54. The molecule has 4 rings (SSSR count). The van der Waals surface area contributed by atoms with Gasteiger partial charge in [0.1, 0.15) is 11.5 Å². The molecular formula is C19H14BrN3O5S. The minimum absolute atomic E-state index is 0.0426. The van der Waals surface area contributed by atoms with Crippen LogP contribution < -0.4 is 15.8 Å². The number of benzene rings is 2. The Labute approximate surface area is 172 Å². The van der Waals surface area contributed by atoms with Crippen molar-refractivity contribution >= 4 is 37.0 Å². The molecule has 0 amide bonds. The minimum atomic E-state index is -3.86. The molecule has 0 bridgehead atoms. The normalized spacial score (nSPS) is 11.8. The average Bonchev–Trinajstić information content (AvgIpc) is 3.17. The number of furan rings is 1. The summed E-state index contributed by atoms with van der Waals surface area (Å²) in [6, 6.07) is 15.0. The van der Waals surface area contributed by atoms with E-state index in [1.165, 1.54) is 18.2 Å². The summed E-state index contributed by atoms with van der Waals surface area (Å²) in [5.74, 6) is 1.07. The average molecular weight is 476 g/mol. The van der Waals surface area contributed by atoms with Gasteiger partial charge in [0, 0.05) is 10.0 Å². The Morgan fingerprint density at radius 2 is 1.59 bits per heavy atom. The van der Waals surface area contributed by atoms with Crippen LogP contribution in [0.3, 0.4) is 0 Å². The fourth-order valence-corrected chi connectivity index (χ4v) is 4.04. The molecule has 2 aromatic heterocycles. The first-order valence-electron chi connectivity index (χ1n) is 8.42. The van der Waals surface area contributed by atoms with Crippen LogP contribution in [0.5, 0.6) is 0 Å². The van der Waals surface area contributed by atoms with E-state index in [1.54, 1.807) is 12.1 Å². The van der Waals surface area contributed by atoms with Crippen LogP contribution in [-0.4, -0.2) is 18.4 Å². The predicted molar refractivity (Wildman–Crippen MR) is 111 cm³/mol. The molecular weight excluding hydrogens is 462 g/mol. The van der Waals surface area contributed by atoms with Gasteiger partial charge in [-0.1, -0.05) is 28.1 Å². The quantitative estimate of drug-likeness (QED) is 0.382. The second kappa shape index (κ2) is 7.47. The highest BCUT2D eigenvalue weighted by Gasteiger charge is 2.16. The van der Waals surface area contributed by atoms with Gasteiger partial charge in [0.15, 0.2) is 0 Å². The molecule has 0 aliphatic rings. The van der Waals surface area contributed by atoms with Crippen LogP contribution in [0.25, 0.3) is 22.4 Å². The molecule has 2 aromatic carbocycles. The molecule has 4 aromatic rings. The molecule has 0 fully saturated rings. The minimum Gasteiger partial charge on any atom is -0.460 e. The monoisotopic (exact) mass is 475 g/mol. The van der Waals surface area contributed by atoms with E-state index in [0.717, 1.165) is 10.0 Å². The van der Waals surface area contributed by atoms with E-state index in [9.17, 15) is 18.0 Å². The van der Waals surface area contributed by atoms with Gasteiger partial charge in [-0.3, -0.25) is 9.59 Å². The molecule has 0 saturated heterocycles. The summed E-state index contributed by atoms with van der Waals surface area (Å²) in [7, 11) is -3.86. The van der Waals surface area contributed by atoms with Crippen LogP contribution >= 0.6 is 15.9 Å². The summed E-state index contributed by atoms with van der Waals surface area (Å²) < 4.78 is 34.3. The van der Waals surface area contributed by atoms with Gasteiger partial charge in [-0.15, -0.1) is 0 Å². The Bertz CT molecular complexity index is 1420. The van der Waals surface area contributed by atoms with Gasteiger partial charge in [-0.2, -0.15) is 0 Å². The molecule has 0 spiro atoms. The lowest BCUT2D eigenvalue weighted by Crippen LogP contribution is -2.29. The first-order valence-corrected chi connectivity index (χ1v) is 10.7. The van der Waals surface area contributed by atoms with Crippen molar-refractivity contribution in [2.75, 3.05) is 0 Å². The SMILES string of the molecule is O=c1[nH]c2ccc(S(=O)(=O)NCc3ccc(-c4ccc(Br)cc4)o3)cc2[nH]c1=O. The van der Waals surface area contributed by atoms with Crippen molar-refractivity contribution < 1.29 is 12.8 Å². The van der Waals surface area contributed by atoms with Gasteiger partial charge in [0.05, 0.1) is 22.5 Å². The summed E-state index contributed by atoms with van der Waals surface area (Å²) >= 11 is 3.37. The third-order valence-corrected chi connectivity index (χ3v) is 6.16. The number of rotatable bonds is 5. The highest BCUT2D eigenvalue weighted by molar-refractivity contribution is 9.10. The van der Waals surface area contributed by atoms with E-state index >= 15 is 0 Å². The van der Waals surface area contributed by atoms with Crippen molar-refractivity contribution in [3.63, 3.8) is 0 Å². The Morgan fingerprint density at radius 1 is 0.897 bits per heavy atom. The van der Waals surface area contributed by atoms with Gasteiger partial charge in [-0.25, -0.2) is 13.1 Å². The van der Waals surface area contributed by atoms with E-state index in [0.29, 0.717) is 17.0 Å². The van der Waals surface area contributed by atoms with Crippen LogP contribution in [0.4, 0.5) is 0 Å². The molecule has 29 heavy (non-hydrogen) atoms. The van der Waals surface area contributed by atoms with Crippen molar-refractivity contribution in [2.24, 2.45) is 0 Å². The Kier molecular flexibility index (Phi) is 4.99. The van der Waals surface area contributed by atoms with Crippen LogP contribution in [-0.2, 0) is 16.6 Å². The first kappa shape index (κ1) is 19.4. The molecule has 0 atom stereocenters. The number of nitrogens with one attached hydrogen (secondary N) is 3. The van der Waals surface area contributed by atoms with Crippen molar-refractivity contribution in [1.82, 2.24) is 14.7 Å². The van der Waals surface area contributed by atoms with Gasteiger partial charge in [0.25, 0.3) is 0 Å². The Hall–Kier alpha value is -2.95. The largest absolute Gasteiger partial charge is 0.460 e. The Morgan fingerprint density at radius 3 is 2.31 bits per heavy atom. The first-order chi connectivity index (χ1) is 13.8. The van der Waals surface area contributed by atoms with Gasteiger partial charge in [-0.05, 0) is 42.5 Å². The topological polar surface area (TPSA) is 125 Å². The molecule has 10 heteroatoms. The second-order valence-corrected chi connectivity index (χ2v) is 8.90. The fourth-order valence-electron chi connectivity index (χ4n) is 2.75. The third kappa shape index (κ3) is 4.09. The molecule has 0 aliphatic heterocycles. The number of aromatic nitrogens is 2. The summed E-state index contributed by atoms with van der Waals surface area (Å²) in [4.78, 5) is 27.5. The molecule has 8 nitrogen and oxygen atoms in total. The number of sulfonamides is 1. The number of hydrogen-bond donors (Lipinski definition) is 3. The molecule has 148 valence electrons. The third-order valence-electron chi connectivity index (χ3n) is 4.23. The lowest BCUT2D eigenvalue weighted by atomic mass is 10.2. The van der Waals surface area contributed by atoms with E-state index in [2.05, 4.69) is 30.6 Å². The van der Waals surface area contributed by atoms with Crippen LogP contribution in [0.1, 0.15) is 5.76 Å². The molecule has 0 radical (unpaired) electrons. The molecule has 3 N–H and O–H groups in total. The summed E-state index contributed by atoms with van der Waals surface area (Å²) in [6.45, 7) is -0.0426. The van der Waals surface area contributed by atoms with Crippen molar-refractivity contribution in [3.05, 3.63) is 85.5 Å². The maximum atomic E-state index is 12.6. The van der Waals surface area contributed by atoms with Crippen LogP contribution in [0.15, 0.2) is 78.0 Å². The van der Waals surface area contributed by atoms with E-state index in [4.69, 9.17) is 4.42 Å². The van der Waals surface area contributed by atoms with E-state index in [-0.39, 0.29) is 17.0 Å². The van der Waals surface area contributed by atoms with Gasteiger partial charge < -0.3 is 14.4 Å². The van der Waals surface area contributed by atoms with Crippen LogP contribution in [0, 0.1) is 0 Å². The maximum absolute atomic E-state index is 12.6. The van der Waals surface area contributed by atoms with E-state index < -0.39 is 21.1 Å². The molecule has 2 heterocycles. The highest BCUT2D eigenvalue weighted by atomic mass is 79.9. The standard InChI is InChI=1S/C19H14BrN3O5S/c20-12-3-1-11(2-4-12)17-8-5-13(28-17)10-21-29(26,27)14-6-7-15-16(9-14)23-19(25)18(24)22-15/h1-9,21H,10H2,(H,22,24)(H,23,25). The molecule has 0 unspecified atom stereocenters. The number of fused-ring (bicyclic) bond motifs is 1. The van der Waals surface area contributed by atoms with E-state index in [1.807, 2.05) is 24.3 Å². The summed E-state index contributed by atoms with van der Waals surface area (Å²) in [5, 5.41) is 0. The molecule has 0 aliphatic carbocycles. The number of halogens is 1. The fraction of sp³-hybridized carbons (Fsp3) is 0.0526. The zero-order valence-electron chi connectivity index (χ0n) is 14.7. The smallest absolute Gasteiger partial charge is 0.314 e. The lowest BCUT2D eigenvalue weighted by molar-refractivity contribution is 0.509. The predicted octanol–water partition coefficient (Wildman–Crippen LogP) is 2.72. The summed E-state index contributed by atoms with van der Waals surface area (Å²) in [5.41, 5.74) is -0.233. The van der Waals surface area contributed by atoms with Crippen molar-refractivity contribution in [1.29, 1.82) is 0 Å². The summed E-state index contributed by atoms with van der Waals surface area (Å²) in [6.07, 6.45) is 0. The van der Waals surface area contributed by atoms with Crippen molar-refractivity contribution in [3.8, 4) is 11.3 Å². The zero-order chi connectivity index (χ0) is 20.6.